The van der Waals surface area contributed by atoms with Crippen molar-refractivity contribution in [2.24, 2.45) is 11.7 Å². The second-order valence-electron chi connectivity index (χ2n) is 5.02. The number of primary amides is 1. The van der Waals surface area contributed by atoms with Crippen LogP contribution in [0.3, 0.4) is 0 Å². The van der Waals surface area contributed by atoms with Crippen molar-refractivity contribution < 1.29 is 9.18 Å². The number of fused-ring (bicyclic) bond motifs is 1. The Morgan fingerprint density at radius 2 is 2.05 bits per heavy atom. The summed E-state index contributed by atoms with van der Waals surface area (Å²) in [4.78, 5) is 21.7. The first kappa shape index (κ1) is 12.8. The predicted octanol–water partition coefficient (Wildman–Crippen LogP) is 1.47. The number of halogens is 1. The second-order valence-corrected chi connectivity index (χ2v) is 5.02. The van der Waals surface area contributed by atoms with E-state index in [0.29, 0.717) is 5.52 Å². The molecule has 3 rings (SSSR count). The number of rotatable bonds is 2. The molecule has 1 saturated heterocycles. The molecule has 20 heavy (non-hydrogen) atoms. The standard InChI is InChI=1S/C14H15FN4O/c15-10-1-2-11-12(7-10)17-8-18-14(11)19-5-3-9(4-6-19)13(16)20/h1-2,7-9H,3-6H2,(H2,16,20). The van der Waals surface area contributed by atoms with Crippen molar-refractivity contribution in [1.82, 2.24) is 9.97 Å². The lowest BCUT2D eigenvalue weighted by Gasteiger charge is -2.31. The molecule has 0 bridgehead atoms. The topological polar surface area (TPSA) is 72.1 Å². The van der Waals surface area contributed by atoms with Crippen molar-refractivity contribution >= 4 is 22.6 Å². The molecular formula is C14H15FN4O. The third kappa shape index (κ3) is 2.29. The molecule has 2 N–H and O–H groups in total. The molecular weight excluding hydrogens is 259 g/mol. The average Bonchev–Trinajstić information content (AvgIpc) is 2.46. The molecule has 0 aliphatic carbocycles. The SMILES string of the molecule is NC(=O)C1CCN(c2ncnc3cc(F)ccc23)CC1. The van der Waals surface area contributed by atoms with Crippen molar-refractivity contribution in [2.75, 3.05) is 18.0 Å². The number of benzene rings is 1. The summed E-state index contributed by atoms with van der Waals surface area (Å²) in [6, 6.07) is 4.50. The Balaban J connectivity index is 1.90. The van der Waals surface area contributed by atoms with Gasteiger partial charge >= 0.3 is 0 Å². The maximum absolute atomic E-state index is 13.2. The van der Waals surface area contributed by atoms with Crippen LogP contribution in [0.4, 0.5) is 10.2 Å². The molecule has 1 aromatic heterocycles. The first-order valence-electron chi connectivity index (χ1n) is 6.59. The quantitative estimate of drug-likeness (QED) is 0.900. The lowest BCUT2D eigenvalue weighted by Crippen LogP contribution is -2.39. The van der Waals surface area contributed by atoms with Gasteiger partial charge in [0, 0.05) is 30.5 Å². The van der Waals surface area contributed by atoms with Crippen molar-refractivity contribution in [3.8, 4) is 0 Å². The Labute approximate surface area is 115 Å². The van der Waals surface area contributed by atoms with Gasteiger partial charge < -0.3 is 10.6 Å². The Kier molecular flexibility index (Phi) is 3.22. The van der Waals surface area contributed by atoms with Gasteiger partial charge in [0.15, 0.2) is 0 Å². The van der Waals surface area contributed by atoms with Gasteiger partial charge in [-0.15, -0.1) is 0 Å². The molecule has 1 aromatic carbocycles. The smallest absolute Gasteiger partial charge is 0.220 e. The summed E-state index contributed by atoms with van der Waals surface area (Å²) in [6.45, 7) is 1.44. The number of amides is 1. The molecule has 0 atom stereocenters. The van der Waals surface area contributed by atoms with Crippen molar-refractivity contribution in [1.29, 1.82) is 0 Å². The summed E-state index contributed by atoms with van der Waals surface area (Å²) in [7, 11) is 0. The summed E-state index contributed by atoms with van der Waals surface area (Å²) in [5.41, 5.74) is 5.92. The van der Waals surface area contributed by atoms with Crippen LogP contribution in [-0.2, 0) is 4.79 Å². The number of piperidine rings is 1. The van der Waals surface area contributed by atoms with Gasteiger partial charge in [-0.1, -0.05) is 0 Å². The minimum Gasteiger partial charge on any atom is -0.369 e. The number of anilines is 1. The van der Waals surface area contributed by atoms with Crippen LogP contribution in [0.2, 0.25) is 0 Å². The van der Waals surface area contributed by atoms with E-state index in [9.17, 15) is 9.18 Å². The van der Waals surface area contributed by atoms with E-state index >= 15 is 0 Å². The van der Waals surface area contributed by atoms with E-state index in [2.05, 4.69) is 14.9 Å². The van der Waals surface area contributed by atoms with Crippen molar-refractivity contribution in [3.05, 3.63) is 30.3 Å². The van der Waals surface area contributed by atoms with Crippen LogP contribution in [-0.4, -0.2) is 29.0 Å². The highest BCUT2D eigenvalue weighted by Gasteiger charge is 2.24. The van der Waals surface area contributed by atoms with Gasteiger partial charge in [0.1, 0.15) is 18.0 Å². The highest BCUT2D eigenvalue weighted by Crippen LogP contribution is 2.27. The number of aromatic nitrogens is 2. The lowest BCUT2D eigenvalue weighted by molar-refractivity contribution is -0.122. The van der Waals surface area contributed by atoms with Gasteiger partial charge in [-0.2, -0.15) is 0 Å². The van der Waals surface area contributed by atoms with E-state index in [1.807, 2.05) is 0 Å². The van der Waals surface area contributed by atoms with Crippen LogP contribution in [0.15, 0.2) is 24.5 Å². The molecule has 0 spiro atoms. The van der Waals surface area contributed by atoms with Crippen molar-refractivity contribution in [2.45, 2.75) is 12.8 Å². The van der Waals surface area contributed by atoms with Gasteiger partial charge in [-0.3, -0.25) is 4.79 Å². The van der Waals surface area contributed by atoms with Crippen molar-refractivity contribution in [3.63, 3.8) is 0 Å². The molecule has 1 amide bonds. The zero-order chi connectivity index (χ0) is 14.1. The molecule has 2 heterocycles. The van der Waals surface area contributed by atoms with E-state index in [-0.39, 0.29) is 17.6 Å². The van der Waals surface area contributed by atoms with E-state index in [0.717, 1.165) is 37.1 Å². The highest BCUT2D eigenvalue weighted by molar-refractivity contribution is 5.89. The largest absolute Gasteiger partial charge is 0.369 e. The van der Waals surface area contributed by atoms with E-state index in [1.54, 1.807) is 6.07 Å². The fourth-order valence-corrected chi connectivity index (χ4v) is 2.64. The van der Waals surface area contributed by atoms with Gasteiger partial charge in [-0.25, -0.2) is 14.4 Å². The summed E-state index contributed by atoms with van der Waals surface area (Å²) in [5, 5.41) is 0.825. The number of nitrogens with zero attached hydrogens (tertiary/aromatic N) is 3. The monoisotopic (exact) mass is 274 g/mol. The molecule has 1 aliphatic heterocycles. The van der Waals surface area contributed by atoms with E-state index in [1.165, 1.54) is 18.5 Å². The number of carbonyl (C=O) groups is 1. The first-order valence-corrected chi connectivity index (χ1v) is 6.59. The number of nitrogens with two attached hydrogens (primary N) is 1. The normalized spacial score (nSPS) is 16.6. The Morgan fingerprint density at radius 3 is 2.75 bits per heavy atom. The van der Waals surface area contributed by atoms with Crippen LogP contribution in [0.25, 0.3) is 10.9 Å². The molecule has 1 fully saturated rings. The van der Waals surface area contributed by atoms with Gasteiger partial charge in [0.25, 0.3) is 0 Å². The zero-order valence-corrected chi connectivity index (χ0v) is 10.9. The summed E-state index contributed by atoms with van der Waals surface area (Å²) < 4.78 is 13.2. The summed E-state index contributed by atoms with van der Waals surface area (Å²) in [5.74, 6) is 0.184. The molecule has 0 saturated carbocycles. The minimum atomic E-state index is -0.311. The maximum atomic E-state index is 13.2. The van der Waals surface area contributed by atoms with E-state index < -0.39 is 0 Å². The van der Waals surface area contributed by atoms with Crippen LogP contribution in [0.5, 0.6) is 0 Å². The van der Waals surface area contributed by atoms with Gasteiger partial charge in [-0.05, 0) is 25.0 Å². The summed E-state index contributed by atoms with van der Waals surface area (Å²) in [6.07, 6.45) is 2.89. The van der Waals surface area contributed by atoms with Crippen LogP contribution in [0.1, 0.15) is 12.8 Å². The maximum Gasteiger partial charge on any atom is 0.220 e. The fraction of sp³-hybridized carbons (Fsp3) is 0.357. The van der Waals surface area contributed by atoms with Crippen LogP contribution < -0.4 is 10.6 Å². The number of carbonyl (C=O) groups excluding carboxylic acids is 1. The molecule has 1 aliphatic rings. The predicted molar refractivity (Wildman–Crippen MR) is 73.6 cm³/mol. The molecule has 6 heteroatoms. The number of hydrogen-bond donors (Lipinski definition) is 1. The second kappa shape index (κ2) is 5.03. The van der Waals surface area contributed by atoms with Gasteiger partial charge in [0.2, 0.25) is 5.91 Å². The minimum absolute atomic E-state index is 0.0585. The van der Waals surface area contributed by atoms with Crippen LogP contribution in [0, 0.1) is 11.7 Å². The fourth-order valence-electron chi connectivity index (χ4n) is 2.64. The Hall–Kier alpha value is -2.24. The molecule has 2 aromatic rings. The molecule has 104 valence electrons. The summed E-state index contributed by atoms with van der Waals surface area (Å²) >= 11 is 0. The Morgan fingerprint density at radius 1 is 1.30 bits per heavy atom. The highest BCUT2D eigenvalue weighted by atomic mass is 19.1. The van der Waals surface area contributed by atoms with Crippen LogP contribution >= 0.6 is 0 Å². The molecule has 0 unspecified atom stereocenters. The zero-order valence-electron chi connectivity index (χ0n) is 10.9. The van der Waals surface area contributed by atoms with E-state index in [4.69, 9.17) is 5.73 Å². The molecule has 0 radical (unpaired) electrons. The molecule has 5 nitrogen and oxygen atoms in total. The Bertz CT molecular complexity index is 653. The average molecular weight is 274 g/mol. The number of hydrogen-bond acceptors (Lipinski definition) is 4. The van der Waals surface area contributed by atoms with Gasteiger partial charge in [0.05, 0.1) is 5.52 Å². The first-order chi connectivity index (χ1) is 9.65. The third-order valence-corrected chi connectivity index (χ3v) is 3.77. The lowest BCUT2D eigenvalue weighted by atomic mass is 9.96. The third-order valence-electron chi connectivity index (χ3n) is 3.77.